The van der Waals surface area contributed by atoms with Crippen LogP contribution in [0.5, 0.6) is 11.5 Å². The van der Waals surface area contributed by atoms with E-state index in [1.165, 1.54) is 0 Å². The van der Waals surface area contributed by atoms with Gasteiger partial charge in [0, 0.05) is 12.6 Å². The minimum Gasteiger partial charge on any atom is -0.493 e. The fraction of sp³-hybridized carbons (Fsp3) is 0.625. The molecule has 2 N–H and O–H groups in total. The highest BCUT2D eigenvalue weighted by Crippen LogP contribution is 2.32. The van der Waals surface area contributed by atoms with Crippen LogP contribution in [0.25, 0.3) is 0 Å². The van der Waals surface area contributed by atoms with Gasteiger partial charge in [0.1, 0.15) is 0 Å². The van der Waals surface area contributed by atoms with Crippen LogP contribution in [-0.4, -0.2) is 32.0 Å². The minimum absolute atomic E-state index is 0.142. The van der Waals surface area contributed by atoms with Crippen molar-refractivity contribution in [3.05, 3.63) is 23.3 Å². The normalized spacial score (nSPS) is 14.2. The van der Waals surface area contributed by atoms with Gasteiger partial charge in [-0.3, -0.25) is 0 Å². The van der Waals surface area contributed by atoms with Crippen molar-refractivity contribution in [2.24, 2.45) is 5.92 Å². The molecule has 0 aliphatic carbocycles. The summed E-state index contributed by atoms with van der Waals surface area (Å²) in [6.45, 7) is 8.74. The average molecular weight is 281 g/mol. The first-order chi connectivity index (χ1) is 9.40. The number of aryl methyl sites for hydroxylation is 1. The minimum atomic E-state index is -0.335. The Morgan fingerprint density at radius 3 is 2.15 bits per heavy atom. The van der Waals surface area contributed by atoms with Crippen LogP contribution < -0.4 is 14.8 Å². The molecule has 1 aromatic carbocycles. The van der Waals surface area contributed by atoms with Crippen molar-refractivity contribution in [3.63, 3.8) is 0 Å². The Kier molecular flexibility index (Phi) is 6.30. The van der Waals surface area contributed by atoms with Gasteiger partial charge in [0.2, 0.25) is 0 Å². The van der Waals surface area contributed by atoms with E-state index in [0.717, 1.165) is 22.6 Å². The van der Waals surface area contributed by atoms with Gasteiger partial charge in [-0.1, -0.05) is 13.8 Å². The summed E-state index contributed by atoms with van der Waals surface area (Å²) in [6, 6.07) is 4.11. The third-order valence-electron chi connectivity index (χ3n) is 3.64. The van der Waals surface area contributed by atoms with Crippen molar-refractivity contribution in [2.75, 3.05) is 20.8 Å². The maximum absolute atomic E-state index is 9.87. The number of benzene rings is 1. The molecule has 0 saturated heterocycles. The molecule has 0 heterocycles. The third kappa shape index (κ3) is 4.12. The van der Waals surface area contributed by atoms with Crippen molar-refractivity contribution < 1.29 is 14.6 Å². The molecule has 0 bridgehead atoms. The fourth-order valence-corrected chi connectivity index (χ4v) is 2.11. The molecule has 20 heavy (non-hydrogen) atoms. The van der Waals surface area contributed by atoms with Crippen LogP contribution in [0.15, 0.2) is 12.1 Å². The Bertz CT molecular complexity index is 432. The van der Waals surface area contributed by atoms with Gasteiger partial charge in [0.05, 0.1) is 20.3 Å². The molecule has 0 fully saturated rings. The second-order valence-corrected chi connectivity index (χ2v) is 5.51. The van der Waals surface area contributed by atoms with Crippen LogP contribution >= 0.6 is 0 Å². The molecule has 0 aliphatic rings. The standard InChI is InChI=1S/C16H27NO3/c1-10(2)14(18)9-17-12(4)13-8-16(20-6)15(19-5)7-11(13)3/h7-8,10,12,14,17-18H,9H2,1-6H3. The molecule has 0 saturated carbocycles. The molecular weight excluding hydrogens is 254 g/mol. The van der Waals surface area contributed by atoms with E-state index < -0.39 is 0 Å². The Balaban J connectivity index is 2.84. The highest BCUT2D eigenvalue weighted by atomic mass is 16.5. The smallest absolute Gasteiger partial charge is 0.161 e. The fourth-order valence-electron chi connectivity index (χ4n) is 2.11. The summed E-state index contributed by atoms with van der Waals surface area (Å²) in [7, 11) is 3.27. The molecule has 2 unspecified atom stereocenters. The van der Waals surface area contributed by atoms with Gasteiger partial charge in [-0.05, 0) is 43.0 Å². The zero-order valence-corrected chi connectivity index (χ0v) is 13.4. The molecule has 0 amide bonds. The Hall–Kier alpha value is -1.26. The van der Waals surface area contributed by atoms with E-state index in [4.69, 9.17) is 9.47 Å². The number of aliphatic hydroxyl groups is 1. The second kappa shape index (κ2) is 7.50. The number of methoxy groups -OCH3 is 2. The van der Waals surface area contributed by atoms with E-state index in [0.29, 0.717) is 6.54 Å². The molecule has 2 atom stereocenters. The molecule has 1 rings (SSSR count). The summed E-state index contributed by atoms with van der Waals surface area (Å²) in [5.41, 5.74) is 2.29. The molecule has 0 aromatic heterocycles. The van der Waals surface area contributed by atoms with Crippen molar-refractivity contribution in [2.45, 2.75) is 39.8 Å². The predicted molar refractivity (Wildman–Crippen MR) is 81.5 cm³/mol. The van der Waals surface area contributed by atoms with Gasteiger partial charge >= 0.3 is 0 Å². The lowest BCUT2D eigenvalue weighted by Crippen LogP contribution is -2.32. The predicted octanol–water partition coefficient (Wildman–Crippen LogP) is 2.68. The Morgan fingerprint density at radius 2 is 1.65 bits per heavy atom. The zero-order chi connectivity index (χ0) is 15.3. The van der Waals surface area contributed by atoms with Gasteiger partial charge in [-0.25, -0.2) is 0 Å². The second-order valence-electron chi connectivity index (χ2n) is 5.51. The average Bonchev–Trinajstić information content (AvgIpc) is 2.43. The van der Waals surface area contributed by atoms with Crippen LogP contribution in [0.2, 0.25) is 0 Å². The van der Waals surface area contributed by atoms with Crippen molar-refractivity contribution in [3.8, 4) is 11.5 Å². The Morgan fingerprint density at radius 1 is 1.10 bits per heavy atom. The van der Waals surface area contributed by atoms with Gasteiger partial charge < -0.3 is 19.9 Å². The summed E-state index contributed by atoms with van der Waals surface area (Å²) in [5, 5.41) is 13.2. The summed E-state index contributed by atoms with van der Waals surface area (Å²) < 4.78 is 10.6. The maximum Gasteiger partial charge on any atom is 0.161 e. The van der Waals surface area contributed by atoms with Gasteiger partial charge in [0.15, 0.2) is 11.5 Å². The molecule has 0 spiro atoms. The van der Waals surface area contributed by atoms with Crippen molar-refractivity contribution in [1.82, 2.24) is 5.32 Å². The Labute approximate surface area is 122 Å². The lowest BCUT2D eigenvalue weighted by molar-refractivity contribution is 0.120. The van der Waals surface area contributed by atoms with E-state index >= 15 is 0 Å². The highest BCUT2D eigenvalue weighted by molar-refractivity contribution is 5.47. The molecule has 4 nitrogen and oxygen atoms in total. The molecule has 114 valence electrons. The first-order valence-electron chi connectivity index (χ1n) is 7.04. The summed E-state index contributed by atoms with van der Waals surface area (Å²) in [4.78, 5) is 0. The molecule has 0 aliphatic heterocycles. The van der Waals surface area contributed by atoms with Crippen LogP contribution in [0.1, 0.15) is 37.9 Å². The van der Waals surface area contributed by atoms with E-state index in [1.807, 2.05) is 32.9 Å². The van der Waals surface area contributed by atoms with Gasteiger partial charge in [-0.2, -0.15) is 0 Å². The lowest BCUT2D eigenvalue weighted by atomic mass is 10.0. The largest absolute Gasteiger partial charge is 0.493 e. The maximum atomic E-state index is 9.87. The van der Waals surface area contributed by atoms with Crippen LogP contribution in [0.3, 0.4) is 0 Å². The van der Waals surface area contributed by atoms with Gasteiger partial charge in [-0.15, -0.1) is 0 Å². The van der Waals surface area contributed by atoms with E-state index in [9.17, 15) is 5.11 Å². The number of aliphatic hydroxyl groups excluding tert-OH is 1. The zero-order valence-electron chi connectivity index (χ0n) is 13.4. The first kappa shape index (κ1) is 16.8. The quantitative estimate of drug-likeness (QED) is 0.807. The number of rotatable bonds is 7. The number of nitrogens with one attached hydrogen (secondary N) is 1. The molecule has 1 aromatic rings. The van der Waals surface area contributed by atoms with Crippen LogP contribution in [0, 0.1) is 12.8 Å². The van der Waals surface area contributed by atoms with Crippen molar-refractivity contribution in [1.29, 1.82) is 0 Å². The molecular formula is C16H27NO3. The summed E-state index contributed by atoms with van der Waals surface area (Å²) in [5.74, 6) is 1.72. The third-order valence-corrected chi connectivity index (χ3v) is 3.64. The summed E-state index contributed by atoms with van der Waals surface area (Å²) >= 11 is 0. The monoisotopic (exact) mass is 281 g/mol. The van der Waals surface area contributed by atoms with E-state index in [2.05, 4.69) is 12.2 Å². The molecule has 4 heteroatoms. The topological polar surface area (TPSA) is 50.7 Å². The number of ether oxygens (including phenoxy) is 2. The first-order valence-corrected chi connectivity index (χ1v) is 7.04. The van der Waals surface area contributed by atoms with E-state index in [-0.39, 0.29) is 18.1 Å². The van der Waals surface area contributed by atoms with E-state index in [1.54, 1.807) is 14.2 Å². The molecule has 0 radical (unpaired) electrons. The SMILES string of the molecule is COc1cc(C)c(C(C)NCC(O)C(C)C)cc1OC. The highest BCUT2D eigenvalue weighted by Gasteiger charge is 2.15. The number of hydrogen-bond acceptors (Lipinski definition) is 4. The van der Waals surface area contributed by atoms with Crippen molar-refractivity contribution >= 4 is 0 Å². The number of hydrogen-bond donors (Lipinski definition) is 2. The lowest BCUT2D eigenvalue weighted by Gasteiger charge is -2.22. The summed E-state index contributed by atoms with van der Waals surface area (Å²) in [6.07, 6.45) is -0.335. The van der Waals surface area contributed by atoms with Gasteiger partial charge in [0.25, 0.3) is 0 Å². The van der Waals surface area contributed by atoms with Crippen LogP contribution in [0.4, 0.5) is 0 Å². The van der Waals surface area contributed by atoms with Crippen LogP contribution in [-0.2, 0) is 0 Å².